The third kappa shape index (κ3) is 5.92. The van der Waals surface area contributed by atoms with Crippen LogP contribution in [0.5, 0.6) is 0 Å². The first-order valence-corrected chi connectivity index (χ1v) is 9.94. The topological polar surface area (TPSA) is 88.8 Å². The highest BCUT2D eigenvalue weighted by Gasteiger charge is 2.21. The molecule has 0 aliphatic rings. The van der Waals surface area contributed by atoms with Gasteiger partial charge in [0.15, 0.2) is 6.54 Å². The molecule has 2 aromatic carbocycles. The molecule has 5 heteroatoms. The highest BCUT2D eigenvalue weighted by molar-refractivity contribution is 5.95. The van der Waals surface area contributed by atoms with Crippen molar-refractivity contribution in [1.82, 2.24) is 0 Å². The fourth-order valence-electron chi connectivity index (χ4n) is 3.24. The Balaban J connectivity index is 1.96. The molecule has 0 spiro atoms. The molecule has 0 aliphatic carbocycles. The second-order valence-corrected chi connectivity index (χ2v) is 7.68. The molecule has 0 aromatic heterocycles. The highest BCUT2D eigenvalue weighted by atomic mass is 16.2. The molecule has 0 heterocycles. The number of hydrogen-bond donors (Lipinski definition) is 3. The van der Waals surface area contributed by atoms with Crippen LogP contribution in [0.1, 0.15) is 67.6 Å². The Morgan fingerprint density at radius 2 is 1.54 bits per heavy atom. The van der Waals surface area contributed by atoms with Crippen LogP contribution >= 0.6 is 0 Å². The molecule has 150 valence electrons. The number of rotatable bonds is 9. The molecule has 0 unspecified atom stereocenters. The predicted octanol–water partition coefficient (Wildman–Crippen LogP) is 3.20. The van der Waals surface area contributed by atoms with Crippen molar-refractivity contribution in [3.63, 3.8) is 0 Å². The van der Waals surface area contributed by atoms with Crippen molar-refractivity contribution >= 4 is 17.5 Å². The molecule has 2 atom stereocenters. The van der Waals surface area contributed by atoms with Gasteiger partial charge >= 0.3 is 0 Å². The van der Waals surface area contributed by atoms with E-state index in [4.69, 9.17) is 5.73 Å². The molecule has 5 N–H and O–H groups in total. The van der Waals surface area contributed by atoms with E-state index in [9.17, 15) is 9.59 Å². The molecular formula is C23H32N3O2+. The average Bonchev–Trinajstić information content (AvgIpc) is 2.68. The monoisotopic (exact) mass is 382 g/mol. The molecule has 0 fully saturated rings. The minimum Gasteiger partial charge on any atom is -0.366 e. The summed E-state index contributed by atoms with van der Waals surface area (Å²) in [6.07, 6.45) is 1.12. The molecule has 2 amide bonds. The maximum Gasteiger partial charge on any atom is 0.279 e. The minimum atomic E-state index is -0.481. The normalized spacial score (nSPS) is 13.2. The molecule has 0 aliphatic heterocycles. The fourth-order valence-corrected chi connectivity index (χ4v) is 3.24. The number of carbonyl (C=O) groups is 2. The molecule has 2 aromatic rings. The Hall–Kier alpha value is -2.66. The van der Waals surface area contributed by atoms with E-state index in [2.05, 4.69) is 62.6 Å². The summed E-state index contributed by atoms with van der Waals surface area (Å²) in [5.41, 5.74) is 8.90. The molecule has 0 bridgehead atoms. The zero-order valence-electron chi connectivity index (χ0n) is 17.2. The summed E-state index contributed by atoms with van der Waals surface area (Å²) < 4.78 is 0. The van der Waals surface area contributed by atoms with E-state index in [0.29, 0.717) is 29.6 Å². The number of hydrogen-bond acceptors (Lipinski definition) is 2. The van der Waals surface area contributed by atoms with Gasteiger partial charge in [-0.1, -0.05) is 52.0 Å². The van der Waals surface area contributed by atoms with Gasteiger partial charge < -0.3 is 16.4 Å². The van der Waals surface area contributed by atoms with Crippen LogP contribution < -0.4 is 16.4 Å². The Bertz CT molecular complexity index is 782. The molecular weight excluding hydrogens is 350 g/mol. The van der Waals surface area contributed by atoms with Crippen molar-refractivity contribution in [2.24, 2.45) is 11.7 Å². The van der Waals surface area contributed by atoms with Crippen LogP contribution in [0.3, 0.4) is 0 Å². The Kier molecular flexibility index (Phi) is 7.76. The number of nitrogens with two attached hydrogens (primary N) is 2. The van der Waals surface area contributed by atoms with Gasteiger partial charge in [0.1, 0.15) is 6.04 Å². The van der Waals surface area contributed by atoms with E-state index >= 15 is 0 Å². The van der Waals surface area contributed by atoms with Crippen molar-refractivity contribution in [3.05, 3.63) is 65.2 Å². The average molecular weight is 383 g/mol. The lowest BCUT2D eigenvalue weighted by Gasteiger charge is -2.20. The van der Waals surface area contributed by atoms with Gasteiger partial charge in [0.2, 0.25) is 5.91 Å². The fraction of sp³-hybridized carbons (Fsp3) is 0.391. The van der Waals surface area contributed by atoms with Gasteiger partial charge in [0.25, 0.3) is 5.91 Å². The third-order valence-corrected chi connectivity index (χ3v) is 5.23. The first kappa shape index (κ1) is 21.6. The second-order valence-electron chi connectivity index (χ2n) is 7.68. The lowest BCUT2D eigenvalue weighted by molar-refractivity contribution is -0.692. The lowest BCUT2D eigenvalue weighted by atomic mass is 9.92. The van der Waals surface area contributed by atoms with E-state index in [1.54, 1.807) is 24.3 Å². The molecule has 5 nitrogen and oxygen atoms in total. The molecule has 2 rings (SSSR count). The quantitative estimate of drug-likeness (QED) is 0.622. The van der Waals surface area contributed by atoms with Gasteiger partial charge in [0, 0.05) is 22.7 Å². The summed E-state index contributed by atoms with van der Waals surface area (Å²) in [6, 6.07) is 15.6. The summed E-state index contributed by atoms with van der Waals surface area (Å²) in [5, 5.41) is 4.94. The van der Waals surface area contributed by atoms with Gasteiger partial charge in [-0.15, -0.1) is 0 Å². The van der Waals surface area contributed by atoms with Gasteiger partial charge in [-0.2, -0.15) is 0 Å². The maximum atomic E-state index is 12.3. The number of anilines is 1. The van der Waals surface area contributed by atoms with Crippen molar-refractivity contribution in [2.75, 3.05) is 11.9 Å². The predicted molar refractivity (Wildman–Crippen MR) is 113 cm³/mol. The molecule has 0 radical (unpaired) electrons. The van der Waals surface area contributed by atoms with Crippen molar-refractivity contribution in [3.8, 4) is 0 Å². The Morgan fingerprint density at radius 1 is 0.964 bits per heavy atom. The van der Waals surface area contributed by atoms with Crippen LogP contribution in [-0.4, -0.2) is 18.4 Å². The summed E-state index contributed by atoms with van der Waals surface area (Å²) in [7, 11) is 0. The number of nitrogens with one attached hydrogen (secondary N) is 1. The van der Waals surface area contributed by atoms with Crippen LogP contribution in [0, 0.1) is 5.92 Å². The summed E-state index contributed by atoms with van der Waals surface area (Å²) in [4.78, 5) is 23.5. The van der Waals surface area contributed by atoms with E-state index in [0.717, 1.165) is 6.42 Å². The first-order valence-electron chi connectivity index (χ1n) is 9.94. The van der Waals surface area contributed by atoms with E-state index in [1.165, 1.54) is 11.1 Å². The third-order valence-electron chi connectivity index (χ3n) is 5.23. The van der Waals surface area contributed by atoms with E-state index < -0.39 is 5.91 Å². The number of primary amides is 1. The number of benzene rings is 2. The van der Waals surface area contributed by atoms with Gasteiger partial charge in [-0.3, -0.25) is 9.59 Å². The number of carbonyl (C=O) groups excluding carboxylic acids is 2. The molecule has 28 heavy (non-hydrogen) atoms. The summed E-state index contributed by atoms with van der Waals surface area (Å²) >= 11 is 0. The van der Waals surface area contributed by atoms with Gasteiger partial charge in [-0.05, 0) is 42.2 Å². The maximum absolute atomic E-state index is 12.3. The first-order chi connectivity index (χ1) is 13.3. The number of quaternary nitrogens is 1. The van der Waals surface area contributed by atoms with Crippen molar-refractivity contribution in [1.29, 1.82) is 0 Å². The van der Waals surface area contributed by atoms with Crippen LogP contribution in [0.15, 0.2) is 48.5 Å². The lowest BCUT2D eigenvalue weighted by Crippen LogP contribution is -2.88. The largest absolute Gasteiger partial charge is 0.366 e. The summed E-state index contributed by atoms with van der Waals surface area (Å²) in [6.45, 7) is 9.10. The SMILES string of the molecule is CC[C@H](C)c1ccc([C@H]([NH2+]CC(=O)Nc2ccc(C(N)=O)cc2)C(C)C)cc1. The van der Waals surface area contributed by atoms with Crippen LogP contribution in [-0.2, 0) is 4.79 Å². The van der Waals surface area contributed by atoms with Crippen LogP contribution in [0.25, 0.3) is 0 Å². The Labute approximate surface area is 167 Å². The highest BCUT2D eigenvalue weighted by Crippen LogP contribution is 2.23. The van der Waals surface area contributed by atoms with Crippen LogP contribution in [0.2, 0.25) is 0 Å². The zero-order chi connectivity index (χ0) is 20.7. The van der Waals surface area contributed by atoms with E-state index in [-0.39, 0.29) is 11.9 Å². The van der Waals surface area contributed by atoms with Crippen molar-refractivity contribution in [2.45, 2.75) is 46.1 Å². The number of amides is 2. The molecule has 0 saturated carbocycles. The smallest absolute Gasteiger partial charge is 0.279 e. The van der Waals surface area contributed by atoms with E-state index in [1.807, 2.05) is 0 Å². The zero-order valence-corrected chi connectivity index (χ0v) is 17.2. The Morgan fingerprint density at radius 3 is 2.04 bits per heavy atom. The van der Waals surface area contributed by atoms with Crippen LogP contribution in [0.4, 0.5) is 5.69 Å². The molecule has 0 saturated heterocycles. The van der Waals surface area contributed by atoms with Gasteiger partial charge in [0.05, 0.1) is 0 Å². The minimum absolute atomic E-state index is 0.0753. The second kappa shape index (κ2) is 10.0. The van der Waals surface area contributed by atoms with Crippen molar-refractivity contribution < 1.29 is 14.9 Å². The van der Waals surface area contributed by atoms with Gasteiger partial charge in [-0.25, -0.2) is 0 Å². The standard InChI is InChI=1S/C23H31N3O2/c1-5-16(4)17-6-8-18(9-7-17)22(15(2)3)25-14-21(27)26-20-12-10-19(11-13-20)23(24)28/h6-13,15-16,22,25H,5,14H2,1-4H3,(H2,24,28)(H,26,27)/p+1/t16-,22+/m0/s1. The summed E-state index contributed by atoms with van der Waals surface area (Å²) in [5.74, 6) is 0.401.